The second-order valence-electron chi connectivity index (χ2n) is 6.15. The van der Waals surface area contributed by atoms with Crippen LogP contribution in [0.15, 0.2) is 47.4 Å². The molecule has 4 N–H and O–H groups in total. The van der Waals surface area contributed by atoms with Crippen LogP contribution in [0, 0.1) is 6.92 Å². The third-order valence-corrected chi connectivity index (χ3v) is 5.29. The Bertz CT molecular complexity index is 902. The predicted octanol–water partition coefficient (Wildman–Crippen LogP) is 2.69. The van der Waals surface area contributed by atoms with Gasteiger partial charge in [-0.3, -0.25) is 9.52 Å². The molecule has 0 radical (unpaired) electrons. The Balaban J connectivity index is 0.00000392. The minimum atomic E-state index is -3.84. The van der Waals surface area contributed by atoms with Crippen molar-refractivity contribution in [2.75, 3.05) is 17.9 Å². The Morgan fingerprint density at radius 2 is 1.82 bits per heavy atom. The number of amides is 1. The number of nitrogens with two attached hydrogens (primary N) is 1. The van der Waals surface area contributed by atoms with Crippen molar-refractivity contribution in [1.29, 1.82) is 0 Å². The number of sulfonamides is 1. The largest absolute Gasteiger partial charge is 0.494 e. The van der Waals surface area contributed by atoms with Gasteiger partial charge in [-0.15, -0.1) is 12.4 Å². The number of benzene rings is 2. The van der Waals surface area contributed by atoms with Gasteiger partial charge >= 0.3 is 0 Å². The molecule has 0 heterocycles. The van der Waals surface area contributed by atoms with Crippen LogP contribution in [-0.4, -0.2) is 33.5 Å². The Hall–Kier alpha value is -2.29. The molecule has 9 heteroatoms. The van der Waals surface area contributed by atoms with Crippen molar-refractivity contribution in [1.82, 2.24) is 5.32 Å². The first-order valence-electron chi connectivity index (χ1n) is 8.64. The summed E-state index contributed by atoms with van der Waals surface area (Å²) in [5.74, 6) is 0.298. The van der Waals surface area contributed by atoms with E-state index < -0.39 is 10.0 Å². The zero-order valence-electron chi connectivity index (χ0n) is 16.1. The van der Waals surface area contributed by atoms with Crippen LogP contribution in [0.2, 0.25) is 0 Å². The quantitative estimate of drug-likeness (QED) is 0.599. The van der Waals surface area contributed by atoms with E-state index in [1.54, 1.807) is 44.2 Å². The number of carbonyl (C=O) groups is 1. The first-order chi connectivity index (χ1) is 12.8. The van der Waals surface area contributed by atoms with Crippen molar-refractivity contribution in [3.05, 3.63) is 53.6 Å². The lowest BCUT2D eigenvalue weighted by atomic mass is 10.1. The number of halogens is 1. The van der Waals surface area contributed by atoms with Crippen LogP contribution in [-0.2, 0) is 10.0 Å². The molecule has 2 aromatic rings. The molecule has 0 aliphatic carbocycles. The molecule has 0 unspecified atom stereocenters. The van der Waals surface area contributed by atoms with Crippen molar-refractivity contribution < 1.29 is 17.9 Å². The van der Waals surface area contributed by atoms with Crippen LogP contribution in [0.5, 0.6) is 5.75 Å². The molecule has 1 atom stereocenters. The van der Waals surface area contributed by atoms with Crippen LogP contribution in [0.1, 0.15) is 29.8 Å². The van der Waals surface area contributed by atoms with Crippen LogP contribution >= 0.6 is 12.4 Å². The van der Waals surface area contributed by atoms with Crippen molar-refractivity contribution in [3.63, 3.8) is 0 Å². The average molecular weight is 428 g/mol. The van der Waals surface area contributed by atoms with Gasteiger partial charge in [0.2, 0.25) is 0 Å². The number of anilines is 1. The maximum absolute atomic E-state index is 12.7. The molecule has 2 rings (SSSR count). The van der Waals surface area contributed by atoms with Gasteiger partial charge in [0.1, 0.15) is 5.75 Å². The van der Waals surface area contributed by atoms with E-state index in [1.807, 2.05) is 6.92 Å². The lowest BCUT2D eigenvalue weighted by Gasteiger charge is -2.14. The monoisotopic (exact) mass is 427 g/mol. The van der Waals surface area contributed by atoms with Gasteiger partial charge in [-0.25, -0.2) is 8.42 Å². The van der Waals surface area contributed by atoms with Gasteiger partial charge in [0.25, 0.3) is 15.9 Å². The van der Waals surface area contributed by atoms with Gasteiger partial charge in [-0.05, 0) is 62.7 Å². The molecule has 28 heavy (non-hydrogen) atoms. The third-order valence-electron chi connectivity index (χ3n) is 3.91. The van der Waals surface area contributed by atoms with Crippen molar-refractivity contribution >= 4 is 34.0 Å². The van der Waals surface area contributed by atoms with Gasteiger partial charge in [-0.1, -0.05) is 6.07 Å². The molecule has 0 saturated carbocycles. The van der Waals surface area contributed by atoms with Gasteiger partial charge in [0, 0.05) is 23.8 Å². The van der Waals surface area contributed by atoms with Gasteiger partial charge in [0.15, 0.2) is 0 Å². The second kappa shape index (κ2) is 10.3. The Morgan fingerprint density at radius 1 is 1.18 bits per heavy atom. The molecule has 0 spiro atoms. The zero-order chi connectivity index (χ0) is 20.0. The van der Waals surface area contributed by atoms with Crippen molar-refractivity contribution in [2.24, 2.45) is 5.73 Å². The Kier molecular flexibility index (Phi) is 8.74. The number of ether oxygens (including phenoxy) is 1. The van der Waals surface area contributed by atoms with E-state index in [1.165, 1.54) is 12.1 Å². The summed E-state index contributed by atoms with van der Waals surface area (Å²) >= 11 is 0. The highest BCUT2D eigenvalue weighted by Crippen LogP contribution is 2.21. The van der Waals surface area contributed by atoms with E-state index in [2.05, 4.69) is 10.0 Å². The second-order valence-corrected chi connectivity index (χ2v) is 7.83. The summed E-state index contributed by atoms with van der Waals surface area (Å²) in [5, 5.41) is 2.74. The zero-order valence-corrected chi connectivity index (χ0v) is 17.7. The first-order valence-corrected chi connectivity index (χ1v) is 10.1. The number of carbonyl (C=O) groups excluding carboxylic acids is 1. The van der Waals surface area contributed by atoms with E-state index in [-0.39, 0.29) is 29.3 Å². The van der Waals surface area contributed by atoms with E-state index in [9.17, 15) is 13.2 Å². The summed E-state index contributed by atoms with van der Waals surface area (Å²) in [6.45, 7) is 6.22. The SMILES string of the molecule is CCOc1ccc(NS(=O)(=O)c2ccc(C)c(C(=O)N[C@@H](C)CN)c2)cc1.Cl. The summed E-state index contributed by atoms with van der Waals surface area (Å²) in [4.78, 5) is 12.4. The molecule has 0 fully saturated rings. The molecule has 1 amide bonds. The molecule has 154 valence electrons. The minimum Gasteiger partial charge on any atom is -0.494 e. The molecular weight excluding hydrogens is 402 g/mol. The maximum Gasteiger partial charge on any atom is 0.261 e. The number of nitrogens with one attached hydrogen (secondary N) is 2. The fourth-order valence-electron chi connectivity index (χ4n) is 2.37. The van der Waals surface area contributed by atoms with E-state index >= 15 is 0 Å². The fourth-order valence-corrected chi connectivity index (χ4v) is 3.46. The highest BCUT2D eigenvalue weighted by atomic mass is 35.5. The van der Waals surface area contributed by atoms with Gasteiger partial charge < -0.3 is 15.8 Å². The molecule has 0 saturated heterocycles. The maximum atomic E-state index is 12.7. The van der Waals surface area contributed by atoms with E-state index in [0.717, 1.165) is 0 Å². The number of aryl methyl sites for hydroxylation is 1. The normalized spacial score (nSPS) is 11.9. The number of hydrogen-bond acceptors (Lipinski definition) is 5. The van der Waals surface area contributed by atoms with Gasteiger partial charge in [-0.2, -0.15) is 0 Å². The summed E-state index contributed by atoms with van der Waals surface area (Å²) in [7, 11) is -3.84. The molecular formula is C19H26ClN3O4S. The summed E-state index contributed by atoms with van der Waals surface area (Å²) in [6, 6.07) is 10.8. The summed E-state index contributed by atoms with van der Waals surface area (Å²) in [6.07, 6.45) is 0. The first kappa shape index (κ1) is 23.7. The highest BCUT2D eigenvalue weighted by Gasteiger charge is 2.19. The lowest BCUT2D eigenvalue weighted by molar-refractivity contribution is 0.0940. The topological polar surface area (TPSA) is 111 Å². The highest BCUT2D eigenvalue weighted by molar-refractivity contribution is 7.92. The Labute approximate surface area is 172 Å². The average Bonchev–Trinajstić information content (AvgIpc) is 2.63. The summed E-state index contributed by atoms with van der Waals surface area (Å²) < 4.78 is 33.2. The van der Waals surface area contributed by atoms with Crippen LogP contribution in [0.25, 0.3) is 0 Å². The molecule has 0 aliphatic heterocycles. The summed E-state index contributed by atoms with van der Waals surface area (Å²) in [5.41, 5.74) is 6.90. The Morgan fingerprint density at radius 3 is 2.39 bits per heavy atom. The van der Waals surface area contributed by atoms with E-state index in [4.69, 9.17) is 10.5 Å². The van der Waals surface area contributed by atoms with Crippen LogP contribution in [0.3, 0.4) is 0 Å². The third kappa shape index (κ3) is 6.12. The molecule has 0 aromatic heterocycles. The fraction of sp³-hybridized carbons (Fsp3) is 0.316. The van der Waals surface area contributed by atoms with Crippen molar-refractivity contribution in [3.8, 4) is 5.75 Å². The number of rotatable bonds is 8. The molecule has 2 aromatic carbocycles. The standard InChI is InChI=1S/C19H25N3O4S.ClH/c1-4-26-16-8-6-15(7-9-16)22-27(24,25)17-10-5-13(2)18(11-17)19(23)21-14(3)12-20;/h5-11,14,22H,4,12,20H2,1-3H3,(H,21,23);1H/t14-;/m0./s1. The molecule has 0 bridgehead atoms. The minimum absolute atomic E-state index is 0. The predicted molar refractivity (Wildman–Crippen MR) is 113 cm³/mol. The number of hydrogen-bond donors (Lipinski definition) is 3. The van der Waals surface area contributed by atoms with Gasteiger partial charge in [0.05, 0.1) is 11.5 Å². The lowest BCUT2D eigenvalue weighted by Crippen LogP contribution is -2.38. The van der Waals surface area contributed by atoms with Crippen LogP contribution in [0.4, 0.5) is 5.69 Å². The van der Waals surface area contributed by atoms with Crippen LogP contribution < -0.4 is 20.5 Å². The molecule has 0 aliphatic rings. The van der Waals surface area contributed by atoms with Crippen molar-refractivity contribution in [2.45, 2.75) is 31.7 Å². The van der Waals surface area contributed by atoms with E-state index in [0.29, 0.717) is 35.7 Å². The smallest absolute Gasteiger partial charge is 0.261 e. The molecule has 7 nitrogen and oxygen atoms in total.